The number of halogens is 2. The molecule has 0 bridgehead atoms. The third-order valence-electron chi connectivity index (χ3n) is 4.39. The van der Waals surface area contributed by atoms with E-state index in [9.17, 15) is 13.6 Å². The highest BCUT2D eigenvalue weighted by molar-refractivity contribution is 6.12. The molecule has 0 fully saturated rings. The topological polar surface area (TPSA) is 110 Å². The molecule has 152 valence electrons. The van der Waals surface area contributed by atoms with Gasteiger partial charge in [0, 0.05) is 24.0 Å². The monoisotopic (exact) mass is 408 g/mol. The zero-order valence-corrected chi connectivity index (χ0v) is 16.0. The van der Waals surface area contributed by atoms with Gasteiger partial charge in [-0.15, -0.1) is 0 Å². The fourth-order valence-electron chi connectivity index (χ4n) is 2.88. The molecule has 4 N–H and O–H groups in total. The van der Waals surface area contributed by atoms with Crippen molar-refractivity contribution < 1.29 is 13.6 Å². The van der Waals surface area contributed by atoms with Gasteiger partial charge in [0.2, 0.25) is 0 Å². The molecule has 0 aliphatic heterocycles. The largest absolute Gasteiger partial charge is 0.383 e. The Bertz CT molecular complexity index is 1160. The van der Waals surface area contributed by atoms with E-state index in [1.165, 1.54) is 25.3 Å². The third-order valence-corrected chi connectivity index (χ3v) is 4.39. The first-order chi connectivity index (χ1) is 14.4. The fourth-order valence-corrected chi connectivity index (χ4v) is 2.88. The first kappa shape index (κ1) is 20.6. The Morgan fingerprint density at radius 2 is 1.87 bits per heavy atom. The Hall–Kier alpha value is -4.14. The van der Waals surface area contributed by atoms with E-state index < -0.39 is 11.6 Å². The number of aromatic nitrogens is 1. The van der Waals surface area contributed by atoms with E-state index in [2.05, 4.69) is 21.9 Å². The van der Waals surface area contributed by atoms with Crippen molar-refractivity contribution >= 4 is 29.8 Å². The standard InChI is InChI=1S/C21H18F2N6O/c1-12(30)13-5-3-6-14(9-13)15-10-16(20(24)27-11-15)21(28-25)29(26-2)18-8-4-7-17(22)19(18)23/h3-11H,2,25H2,1H3,(H2,24,27)/b28-21-. The van der Waals surface area contributed by atoms with Crippen LogP contribution in [0.25, 0.3) is 11.1 Å². The van der Waals surface area contributed by atoms with Gasteiger partial charge in [-0.05, 0) is 36.8 Å². The highest BCUT2D eigenvalue weighted by Crippen LogP contribution is 2.28. The van der Waals surface area contributed by atoms with Crippen molar-refractivity contribution in [2.75, 3.05) is 10.7 Å². The maximum absolute atomic E-state index is 14.3. The number of amidine groups is 1. The highest BCUT2D eigenvalue weighted by atomic mass is 19.2. The minimum Gasteiger partial charge on any atom is -0.383 e. The molecule has 0 unspecified atom stereocenters. The summed E-state index contributed by atoms with van der Waals surface area (Å²) in [7, 11) is 0. The van der Waals surface area contributed by atoms with Crippen molar-refractivity contribution in [1.82, 2.24) is 4.98 Å². The number of nitrogens with zero attached hydrogens (tertiary/aromatic N) is 4. The molecule has 3 aromatic rings. The number of ketones is 1. The summed E-state index contributed by atoms with van der Waals surface area (Å²) in [5, 5.41) is 8.32. The van der Waals surface area contributed by atoms with E-state index in [-0.39, 0.29) is 28.7 Å². The number of hydrazone groups is 2. The molecule has 0 amide bonds. The van der Waals surface area contributed by atoms with Crippen LogP contribution in [0.5, 0.6) is 0 Å². The zero-order chi connectivity index (χ0) is 21.8. The van der Waals surface area contributed by atoms with Crippen LogP contribution >= 0.6 is 0 Å². The van der Waals surface area contributed by atoms with Gasteiger partial charge in [0.05, 0.1) is 5.56 Å². The number of pyridine rings is 1. The summed E-state index contributed by atoms with van der Waals surface area (Å²) in [5.41, 5.74) is 7.80. The lowest BCUT2D eigenvalue weighted by atomic mass is 10.0. The highest BCUT2D eigenvalue weighted by Gasteiger charge is 2.23. The van der Waals surface area contributed by atoms with Crippen molar-refractivity contribution in [3.8, 4) is 11.1 Å². The number of anilines is 2. The summed E-state index contributed by atoms with van der Waals surface area (Å²) in [6.07, 6.45) is 1.51. The van der Waals surface area contributed by atoms with Gasteiger partial charge < -0.3 is 11.6 Å². The molecule has 0 saturated carbocycles. The maximum Gasteiger partial charge on any atom is 0.184 e. The average molecular weight is 408 g/mol. The molecule has 1 heterocycles. The Kier molecular flexibility index (Phi) is 5.82. The van der Waals surface area contributed by atoms with Crippen LogP contribution in [0.4, 0.5) is 20.3 Å². The van der Waals surface area contributed by atoms with Crippen molar-refractivity contribution in [2.45, 2.75) is 6.92 Å². The number of rotatable bonds is 5. The van der Waals surface area contributed by atoms with E-state index >= 15 is 0 Å². The smallest absolute Gasteiger partial charge is 0.184 e. The molecule has 9 heteroatoms. The molecule has 1 aromatic heterocycles. The van der Waals surface area contributed by atoms with Crippen molar-refractivity contribution in [1.29, 1.82) is 0 Å². The number of nitrogen functional groups attached to an aromatic ring is 1. The predicted octanol–water partition coefficient (Wildman–Crippen LogP) is 3.55. The van der Waals surface area contributed by atoms with E-state index in [0.717, 1.165) is 11.1 Å². The van der Waals surface area contributed by atoms with E-state index in [1.54, 1.807) is 30.3 Å². The first-order valence-corrected chi connectivity index (χ1v) is 8.73. The van der Waals surface area contributed by atoms with Crippen LogP contribution in [0, 0.1) is 11.6 Å². The molecular formula is C21H18F2N6O. The Balaban J connectivity index is 2.12. The Labute approximate surface area is 171 Å². The first-order valence-electron chi connectivity index (χ1n) is 8.73. The van der Waals surface area contributed by atoms with Gasteiger partial charge in [-0.3, -0.25) is 4.79 Å². The summed E-state index contributed by atoms with van der Waals surface area (Å²) < 4.78 is 28.1. The second-order valence-corrected chi connectivity index (χ2v) is 6.27. The minimum absolute atomic E-state index is 0.0381. The summed E-state index contributed by atoms with van der Waals surface area (Å²) in [6.45, 7) is 4.86. The van der Waals surface area contributed by atoms with E-state index in [1.807, 2.05) is 0 Å². The number of Topliss-reactive ketones (excluding diaryl/α,β-unsaturated/α-hetero) is 1. The van der Waals surface area contributed by atoms with Gasteiger partial charge in [0.25, 0.3) is 0 Å². The zero-order valence-electron chi connectivity index (χ0n) is 16.0. The molecule has 3 rings (SSSR count). The average Bonchev–Trinajstić information content (AvgIpc) is 2.75. The Morgan fingerprint density at radius 1 is 1.13 bits per heavy atom. The molecule has 0 saturated heterocycles. The van der Waals surface area contributed by atoms with E-state index in [4.69, 9.17) is 11.6 Å². The van der Waals surface area contributed by atoms with Gasteiger partial charge in [-0.1, -0.05) is 24.3 Å². The summed E-state index contributed by atoms with van der Waals surface area (Å²) in [4.78, 5) is 15.8. The number of hydrogen-bond acceptors (Lipinski definition) is 6. The molecule has 0 atom stereocenters. The van der Waals surface area contributed by atoms with Gasteiger partial charge in [0.15, 0.2) is 23.3 Å². The summed E-state index contributed by atoms with van der Waals surface area (Å²) >= 11 is 0. The maximum atomic E-state index is 14.3. The van der Waals surface area contributed by atoms with Crippen molar-refractivity contribution in [3.05, 3.63) is 77.5 Å². The van der Waals surface area contributed by atoms with Crippen LogP contribution in [0.1, 0.15) is 22.8 Å². The fraction of sp³-hybridized carbons (Fsp3) is 0.0476. The summed E-state index contributed by atoms with van der Waals surface area (Å²) in [6, 6.07) is 12.1. The molecular weight excluding hydrogens is 390 g/mol. The molecule has 0 aliphatic rings. The molecule has 7 nitrogen and oxygen atoms in total. The van der Waals surface area contributed by atoms with E-state index in [0.29, 0.717) is 16.7 Å². The van der Waals surface area contributed by atoms with Crippen LogP contribution in [-0.4, -0.2) is 23.3 Å². The van der Waals surface area contributed by atoms with Crippen molar-refractivity contribution in [3.63, 3.8) is 0 Å². The SMILES string of the molecule is C=NN(/C(=N\N)c1cc(-c2cccc(C(C)=O)c2)cnc1N)c1cccc(F)c1F. The minimum atomic E-state index is -1.15. The summed E-state index contributed by atoms with van der Waals surface area (Å²) in [5.74, 6) is 3.18. The number of nitrogens with two attached hydrogens (primary N) is 2. The number of benzene rings is 2. The van der Waals surface area contributed by atoms with Crippen LogP contribution < -0.4 is 16.6 Å². The quantitative estimate of drug-likeness (QED) is 0.221. The lowest BCUT2D eigenvalue weighted by Gasteiger charge is -2.21. The van der Waals surface area contributed by atoms with Crippen LogP contribution in [0.15, 0.2) is 64.9 Å². The molecule has 0 aliphatic carbocycles. The number of carbonyl (C=O) groups excluding carboxylic acids is 1. The molecule has 30 heavy (non-hydrogen) atoms. The second-order valence-electron chi connectivity index (χ2n) is 6.27. The van der Waals surface area contributed by atoms with Gasteiger partial charge >= 0.3 is 0 Å². The van der Waals surface area contributed by atoms with Gasteiger partial charge in [-0.2, -0.15) is 10.2 Å². The third kappa shape index (κ3) is 3.86. The number of hydrogen-bond donors (Lipinski definition) is 2. The second kappa shape index (κ2) is 8.48. The molecule has 0 radical (unpaired) electrons. The Morgan fingerprint density at radius 3 is 2.53 bits per heavy atom. The van der Waals surface area contributed by atoms with Crippen LogP contribution in [0.3, 0.4) is 0 Å². The molecule has 0 spiro atoms. The van der Waals surface area contributed by atoms with Crippen LogP contribution in [-0.2, 0) is 0 Å². The lowest BCUT2D eigenvalue weighted by Crippen LogP contribution is -2.29. The predicted molar refractivity (Wildman–Crippen MR) is 113 cm³/mol. The van der Waals surface area contributed by atoms with Crippen LogP contribution in [0.2, 0.25) is 0 Å². The van der Waals surface area contributed by atoms with Gasteiger partial charge in [-0.25, -0.2) is 18.8 Å². The lowest BCUT2D eigenvalue weighted by molar-refractivity contribution is 0.101. The van der Waals surface area contributed by atoms with Gasteiger partial charge in [0.1, 0.15) is 11.5 Å². The normalized spacial score (nSPS) is 11.2. The van der Waals surface area contributed by atoms with Crippen molar-refractivity contribution in [2.24, 2.45) is 16.0 Å². The molecule has 2 aromatic carbocycles. The number of carbonyl (C=O) groups is 1.